The zero-order valence-electron chi connectivity index (χ0n) is 9.99. The number of amides is 1. The third-order valence-electron chi connectivity index (χ3n) is 2.67. The van der Waals surface area contributed by atoms with Crippen molar-refractivity contribution in [1.82, 2.24) is 10.3 Å². The first-order valence-corrected chi connectivity index (χ1v) is 6.30. The van der Waals surface area contributed by atoms with Gasteiger partial charge in [0.15, 0.2) is 0 Å². The molecule has 90 valence electrons. The number of carbonyl (C=O) groups excluding carboxylic acids is 1. The molecule has 0 fully saturated rings. The number of hydrogen-bond donors (Lipinski definition) is 2. The highest BCUT2D eigenvalue weighted by atomic mass is 32.1. The Hall–Kier alpha value is -0.940. The predicted molar refractivity (Wildman–Crippen MR) is 66.1 cm³/mol. The van der Waals surface area contributed by atoms with Crippen LogP contribution in [-0.2, 0) is 11.3 Å². The molecule has 1 amide bonds. The van der Waals surface area contributed by atoms with Gasteiger partial charge >= 0.3 is 0 Å². The Balaban J connectivity index is 2.40. The Morgan fingerprint density at radius 1 is 1.69 bits per heavy atom. The van der Waals surface area contributed by atoms with Crippen LogP contribution in [0, 0.1) is 12.8 Å². The van der Waals surface area contributed by atoms with E-state index in [2.05, 4.69) is 10.3 Å². The minimum Gasteiger partial charge on any atom is -0.350 e. The van der Waals surface area contributed by atoms with Crippen LogP contribution in [0.25, 0.3) is 0 Å². The van der Waals surface area contributed by atoms with Crippen molar-refractivity contribution in [3.05, 3.63) is 16.1 Å². The van der Waals surface area contributed by atoms with Gasteiger partial charge < -0.3 is 11.1 Å². The molecule has 0 radical (unpaired) electrons. The standard InChI is InChI=1S/C11H19N3OS/c1-4-7(2)10(12)11(15)14-6-9-5-13-8(3)16-9/h5,7,10H,4,6,12H2,1-3H3,(H,14,15)/t7-,10-/m0/s1. The minimum absolute atomic E-state index is 0.0830. The molecule has 1 aromatic rings. The summed E-state index contributed by atoms with van der Waals surface area (Å²) in [6, 6.07) is -0.418. The number of nitrogens with zero attached hydrogens (tertiary/aromatic N) is 1. The molecule has 2 atom stereocenters. The molecule has 0 spiro atoms. The van der Waals surface area contributed by atoms with E-state index in [-0.39, 0.29) is 11.8 Å². The normalized spacial score (nSPS) is 14.5. The average molecular weight is 241 g/mol. The molecular weight excluding hydrogens is 222 g/mol. The van der Waals surface area contributed by atoms with Crippen LogP contribution < -0.4 is 11.1 Å². The third-order valence-corrected chi connectivity index (χ3v) is 3.58. The van der Waals surface area contributed by atoms with E-state index in [9.17, 15) is 4.79 Å². The molecule has 1 heterocycles. The van der Waals surface area contributed by atoms with Crippen molar-refractivity contribution in [3.63, 3.8) is 0 Å². The highest BCUT2D eigenvalue weighted by Gasteiger charge is 2.18. The summed E-state index contributed by atoms with van der Waals surface area (Å²) in [6.07, 6.45) is 2.70. The van der Waals surface area contributed by atoms with E-state index in [4.69, 9.17) is 5.73 Å². The summed E-state index contributed by atoms with van der Waals surface area (Å²) in [5.41, 5.74) is 5.82. The Bertz CT molecular complexity index is 351. The molecule has 0 aliphatic heterocycles. The summed E-state index contributed by atoms with van der Waals surface area (Å²) in [5.74, 6) is 0.128. The van der Waals surface area contributed by atoms with Gasteiger partial charge in [-0.05, 0) is 12.8 Å². The van der Waals surface area contributed by atoms with E-state index < -0.39 is 6.04 Å². The molecule has 0 unspecified atom stereocenters. The molecule has 0 aliphatic carbocycles. The van der Waals surface area contributed by atoms with Gasteiger partial charge in [0.25, 0.3) is 0 Å². The number of thiazole rings is 1. The van der Waals surface area contributed by atoms with E-state index in [1.54, 1.807) is 17.5 Å². The van der Waals surface area contributed by atoms with Crippen LogP contribution >= 0.6 is 11.3 Å². The van der Waals surface area contributed by atoms with E-state index in [1.807, 2.05) is 20.8 Å². The summed E-state index contributed by atoms with van der Waals surface area (Å²) >= 11 is 1.59. The van der Waals surface area contributed by atoms with Crippen LogP contribution in [0.3, 0.4) is 0 Å². The lowest BCUT2D eigenvalue weighted by Gasteiger charge is -2.17. The van der Waals surface area contributed by atoms with Crippen molar-refractivity contribution in [1.29, 1.82) is 0 Å². The maximum Gasteiger partial charge on any atom is 0.237 e. The quantitative estimate of drug-likeness (QED) is 0.819. The maximum absolute atomic E-state index is 11.7. The van der Waals surface area contributed by atoms with Crippen LogP contribution in [0.5, 0.6) is 0 Å². The molecular formula is C11H19N3OS. The molecule has 4 nitrogen and oxygen atoms in total. The highest BCUT2D eigenvalue weighted by molar-refractivity contribution is 7.11. The van der Waals surface area contributed by atoms with Gasteiger partial charge in [0.05, 0.1) is 17.6 Å². The Morgan fingerprint density at radius 3 is 2.88 bits per heavy atom. The third kappa shape index (κ3) is 3.57. The second kappa shape index (κ2) is 5.96. The number of aryl methyl sites for hydroxylation is 1. The summed E-state index contributed by atoms with van der Waals surface area (Å²) in [7, 11) is 0. The SMILES string of the molecule is CC[C@H](C)[C@H](N)C(=O)NCc1cnc(C)s1. The summed E-state index contributed by atoms with van der Waals surface area (Å²) in [6.45, 7) is 6.49. The molecule has 0 aliphatic rings. The van der Waals surface area contributed by atoms with Crippen LogP contribution in [-0.4, -0.2) is 16.9 Å². The molecule has 0 bridgehead atoms. The van der Waals surface area contributed by atoms with Gasteiger partial charge in [0.2, 0.25) is 5.91 Å². The lowest BCUT2D eigenvalue weighted by atomic mass is 9.99. The second-order valence-corrected chi connectivity index (χ2v) is 5.29. The number of aromatic nitrogens is 1. The lowest BCUT2D eigenvalue weighted by molar-refractivity contribution is -0.123. The van der Waals surface area contributed by atoms with Gasteiger partial charge in [0.1, 0.15) is 0 Å². The van der Waals surface area contributed by atoms with Gasteiger partial charge in [-0.25, -0.2) is 4.98 Å². The molecule has 16 heavy (non-hydrogen) atoms. The van der Waals surface area contributed by atoms with Crippen LogP contribution in [0.15, 0.2) is 6.20 Å². The van der Waals surface area contributed by atoms with E-state index in [1.165, 1.54) is 0 Å². The average Bonchev–Trinajstić information content (AvgIpc) is 2.69. The lowest BCUT2D eigenvalue weighted by Crippen LogP contribution is -2.44. The van der Waals surface area contributed by atoms with Crippen LogP contribution in [0.1, 0.15) is 30.2 Å². The summed E-state index contributed by atoms with van der Waals surface area (Å²) in [4.78, 5) is 16.9. The second-order valence-electron chi connectivity index (χ2n) is 3.97. The van der Waals surface area contributed by atoms with Crippen molar-refractivity contribution >= 4 is 17.2 Å². The van der Waals surface area contributed by atoms with Gasteiger partial charge in [-0.1, -0.05) is 20.3 Å². The van der Waals surface area contributed by atoms with Crippen molar-refractivity contribution in [2.24, 2.45) is 11.7 Å². The van der Waals surface area contributed by atoms with Crippen LogP contribution in [0.4, 0.5) is 0 Å². The molecule has 3 N–H and O–H groups in total. The van der Waals surface area contributed by atoms with Crippen molar-refractivity contribution < 1.29 is 4.79 Å². The fraction of sp³-hybridized carbons (Fsp3) is 0.636. The number of hydrogen-bond acceptors (Lipinski definition) is 4. The fourth-order valence-corrected chi connectivity index (χ4v) is 2.03. The zero-order valence-corrected chi connectivity index (χ0v) is 10.8. The predicted octanol–water partition coefficient (Wildman–Crippen LogP) is 1.44. The molecule has 1 aromatic heterocycles. The van der Waals surface area contributed by atoms with Gasteiger partial charge in [-0.3, -0.25) is 4.79 Å². The highest BCUT2D eigenvalue weighted by Crippen LogP contribution is 2.11. The Kier molecular flexibility index (Phi) is 4.89. The number of nitrogens with one attached hydrogen (secondary N) is 1. The smallest absolute Gasteiger partial charge is 0.237 e. The van der Waals surface area contributed by atoms with E-state index in [0.717, 1.165) is 16.3 Å². The van der Waals surface area contributed by atoms with Crippen LogP contribution in [0.2, 0.25) is 0 Å². The Labute approximate surface area is 100 Å². The molecule has 5 heteroatoms. The largest absolute Gasteiger partial charge is 0.350 e. The monoisotopic (exact) mass is 241 g/mol. The van der Waals surface area contributed by atoms with Gasteiger partial charge in [-0.2, -0.15) is 0 Å². The number of carbonyl (C=O) groups is 1. The Morgan fingerprint density at radius 2 is 2.38 bits per heavy atom. The fourth-order valence-electron chi connectivity index (χ4n) is 1.29. The topological polar surface area (TPSA) is 68.0 Å². The zero-order chi connectivity index (χ0) is 12.1. The first-order valence-electron chi connectivity index (χ1n) is 5.49. The molecule has 0 aromatic carbocycles. The van der Waals surface area contributed by atoms with E-state index in [0.29, 0.717) is 6.54 Å². The van der Waals surface area contributed by atoms with Gasteiger partial charge in [0, 0.05) is 11.1 Å². The molecule has 0 saturated heterocycles. The molecule has 0 saturated carbocycles. The van der Waals surface area contributed by atoms with E-state index >= 15 is 0 Å². The van der Waals surface area contributed by atoms with Gasteiger partial charge in [-0.15, -0.1) is 11.3 Å². The maximum atomic E-state index is 11.7. The van der Waals surface area contributed by atoms with Crippen molar-refractivity contribution in [3.8, 4) is 0 Å². The molecule has 1 rings (SSSR count). The van der Waals surface area contributed by atoms with Crippen molar-refractivity contribution in [2.75, 3.05) is 0 Å². The van der Waals surface area contributed by atoms with Crippen molar-refractivity contribution in [2.45, 2.75) is 39.8 Å². The number of rotatable bonds is 5. The summed E-state index contributed by atoms with van der Waals surface area (Å²) in [5, 5.41) is 3.84. The first-order chi connectivity index (χ1) is 7.54. The first kappa shape index (κ1) is 13.1. The number of nitrogens with two attached hydrogens (primary N) is 1. The minimum atomic E-state index is -0.418. The summed E-state index contributed by atoms with van der Waals surface area (Å²) < 4.78 is 0.